The molecule has 0 rings (SSSR count). The molecular weight excluding hydrogens is 332 g/mol. The van der Waals surface area contributed by atoms with Gasteiger partial charge in [-0.1, -0.05) is 0 Å². The minimum absolute atomic E-state index is 0. The molecule has 0 aliphatic heterocycles. The third-order valence-corrected chi connectivity index (χ3v) is 2.99. The molecule has 0 spiro atoms. The summed E-state index contributed by atoms with van der Waals surface area (Å²) in [5.74, 6) is 0. The molecule has 0 amide bonds. The average Bonchev–Trinajstić information content (AvgIpc) is 2.48. The van der Waals surface area contributed by atoms with Gasteiger partial charge in [0.05, 0.1) is 39.6 Å². The van der Waals surface area contributed by atoms with Gasteiger partial charge in [0.25, 0.3) is 0 Å². The third-order valence-electron chi connectivity index (χ3n) is 2.99. The standard InChI is InChI=1S/C12H28N2O7.Ti/c15-5-1-13(2-6-16)11(9-19)21-12(10-20)14(3-7-17)4-8-18;/h11-12,15-20H,1-10H2;. The van der Waals surface area contributed by atoms with Crippen LogP contribution < -0.4 is 0 Å². The fraction of sp³-hybridized carbons (Fsp3) is 1.00. The first kappa shape index (κ1) is 24.6. The molecule has 0 bridgehead atoms. The van der Waals surface area contributed by atoms with Gasteiger partial charge in [-0.25, -0.2) is 0 Å². The van der Waals surface area contributed by atoms with Gasteiger partial charge >= 0.3 is 0 Å². The molecule has 10 heteroatoms. The Hall–Kier alpha value is 0.354. The van der Waals surface area contributed by atoms with Gasteiger partial charge in [0.15, 0.2) is 0 Å². The van der Waals surface area contributed by atoms with E-state index in [4.69, 9.17) is 25.2 Å². The summed E-state index contributed by atoms with van der Waals surface area (Å²) in [6.45, 7) is -0.643. The topological polar surface area (TPSA) is 137 Å². The van der Waals surface area contributed by atoms with Crippen molar-refractivity contribution in [2.75, 3.05) is 65.8 Å². The summed E-state index contributed by atoms with van der Waals surface area (Å²) in [6.07, 6.45) is -1.64. The maximum atomic E-state index is 9.41. The van der Waals surface area contributed by atoms with Gasteiger partial charge < -0.3 is 35.4 Å². The molecule has 132 valence electrons. The molecule has 9 nitrogen and oxygen atoms in total. The molecule has 0 saturated carbocycles. The van der Waals surface area contributed by atoms with E-state index in [1.165, 1.54) is 0 Å². The van der Waals surface area contributed by atoms with Crippen LogP contribution in [0, 0.1) is 0 Å². The molecule has 0 aromatic heterocycles. The second-order valence-corrected chi connectivity index (χ2v) is 4.38. The predicted octanol–water partition coefficient (Wildman–Crippen LogP) is -3.79. The van der Waals surface area contributed by atoms with Crippen molar-refractivity contribution in [1.29, 1.82) is 0 Å². The average molecular weight is 360 g/mol. The van der Waals surface area contributed by atoms with Gasteiger partial charge in [-0.05, 0) is 0 Å². The minimum Gasteiger partial charge on any atom is -0.395 e. The van der Waals surface area contributed by atoms with Gasteiger partial charge in [0.1, 0.15) is 12.5 Å². The second-order valence-electron chi connectivity index (χ2n) is 4.38. The van der Waals surface area contributed by atoms with Crippen LogP contribution in [0.1, 0.15) is 0 Å². The Balaban J connectivity index is 0. The van der Waals surface area contributed by atoms with Crippen LogP contribution in [0.4, 0.5) is 0 Å². The smallest absolute Gasteiger partial charge is 0.136 e. The summed E-state index contributed by atoms with van der Waals surface area (Å²) in [4.78, 5) is 3.08. The second kappa shape index (κ2) is 16.2. The van der Waals surface area contributed by atoms with Gasteiger partial charge in [0.2, 0.25) is 0 Å². The number of aliphatic hydroxyl groups is 6. The van der Waals surface area contributed by atoms with Crippen molar-refractivity contribution < 1.29 is 57.1 Å². The number of ether oxygens (including phenoxy) is 1. The Bertz CT molecular complexity index is 208. The van der Waals surface area contributed by atoms with Crippen molar-refractivity contribution in [3.05, 3.63) is 0 Å². The van der Waals surface area contributed by atoms with Crippen molar-refractivity contribution in [3.63, 3.8) is 0 Å². The first-order valence-electron chi connectivity index (χ1n) is 6.97. The van der Waals surface area contributed by atoms with Crippen LogP contribution in [0.3, 0.4) is 0 Å². The maximum Gasteiger partial charge on any atom is 0.136 e. The van der Waals surface area contributed by atoms with Crippen LogP contribution in [0.2, 0.25) is 0 Å². The molecule has 0 aliphatic carbocycles. The summed E-state index contributed by atoms with van der Waals surface area (Å²) < 4.78 is 5.59. The first-order valence-corrected chi connectivity index (χ1v) is 6.97. The summed E-state index contributed by atoms with van der Waals surface area (Å²) in [5, 5.41) is 54.8. The maximum absolute atomic E-state index is 9.41. The molecule has 0 aromatic rings. The molecule has 0 aromatic carbocycles. The van der Waals surface area contributed by atoms with E-state index < -0.39 is 12.5 Å². The van der Waals surface area contributed by atoms with Crippen LogP contribution >= 0.6 is 0 Å². The quantitative estimate of drug-likeness (QED) is 0.136. The van der Waals surface area contributed by atoms with Gasteiger partial charge in [-0.15, -0.1) is 0 Å². The van der Waals surface area contributed by atoms with Crippen LogP contribution in [-0.4, -0.2) is 119 Å². The van der Waals surface area contributed by atoms with Gasteiger partial charge in [-0.3, -0.25) is 9.80 Å². The van der Waals surface area contributed by atoms with Crippen molar-refractivity contribution >= 4 is 0 Å². The van der Waals surface area contributed by atoms with Crippen molar-refractivity contribution in [1.82, 2.24) is 9.80 Å². The minimum atomic E-state index is -0.818. The van der Waals surface area contributed by atoms with E-state index in [1.807, 2.05) is 0 Å². The Kier molecular flexibility index (Phi) is 18.1. The molecule has 0 aliphatic rings. The van der Waals surface area contributed by atoms with Crippen LogP contribution in [0.5, 0.6) is 0 Å². The number of hydrogen-bond donors (Lipinski definition) is 6. The summed E-state index contributed by atoms with van der Waals surface area (Å²) >= 11 is 0. The van der Waals surface area contributed by atoms with Gasteiger partial charge in [-0.2, -0.15) is 0 Å². The van der Waals surface area contributed by atoms with Crippen LogP contribution in [0.25, 0.3) is 0 Å². The molecule has 0 saturated heterocycles. The van der Waals surface area contributed by atoms with E-state index in [-0.39, 0.29) is 87.5 Å². The zero-order valence-electron chi connectivity index (χ0n) is 12.7. The molecule has 2 unspecified atom stereocenters. The fourth-order valence-electron chi connectivity index (χ4n) is 1.98. The van der Waals surface area contributed by atoms with E-state index in [0.29, 0.717) is 0 Å². The van der Waals surface area contributed by atoms with Crippen molar-refractivity contribution in [2.45, 2.75) is 12.5 Å². The summed E-state index contributed by atoms with van der Waals surface area (Å²) in [7, 11) is 0. The molecule has 22 heavy (non-hydrogen) atoms. The molecule has 2 atom stereocenters. The monoisotopic (exact) mass is 360 g/mol. The van der Waals surface area contributed by atoms with Crippen LogP contribution in [0.15, 0.2) is 0 Å². The van der Waals surface area contributed by atoms with E-state index in [9.17, 15) is 10.2 Å². The van der Waals surface area contributed by atoms with E-state index in [1.54, 1.807) is 9.80 Å². The normalized spacial score (nSPS) is 14.2. The predicted molar refractivity (Wildman–Crippen MR) is 74.3 cm³/mol. The molecular formula is C12H28N2O7Ti. The molecule has 0 heterocycles. The zero-order valence-corrected chi connectivity index (χ0v) is 14.3. The van der Waals surface area contributed by atoms with E-state index >= 15 is 0 Å². The molecule has 0 radical (unpaired) electrons. The number of hydrogen-bond acceptors (Lipinski definition) is 9. The summed E-state index contributed by atoms with van der Waals surface area (Å²) in [5.41, 5.74) is 0. The first-order chi connectivity index (χ1) is 10.2. The van der Waals surface area contributed by atoms with Crippen molar-refractivity contribution in [3.8, 4) is 0 Å². The molecule has 6 N–H and O–H groups in total. The number of rotatable bonds is 14. The Labute approximate surface area is 145 Å². The fourth-order valence-corrected chi connectivity index (χ4v) is 1.98. The summed E-state index contributed by atoms with van der Waals surface area (Å²) in [6, 6.07) is 0. The van der Waals surface area contributed by atoms with Gasteiger partial charge in [0, 0.05) is 47.9 Å². The molecule has 0 fully saturated rings. The third kappa shape index (κ3) is 9.48. The van der Waals surface area contributed by atoms with E-state index in [0.717, 1.165) is 0 Å². The van der Waals surface area contributed by atoms with Crippen LogP contribution in [-0.2, 0) is 26.5 Å². The largest absolute Gasteiger partial charge is 0.395 e. The Morgan fingerprint density at radius 2 is 0.864 bits per heavy atom. The Morgan fingerprint density at radius 1 is 0.591 bits per heavy atom. The Morgan fingerprint density at radius 3 is 1.05 bits per heavy atom. The van der Waals surface area contributed by atoms with Crippen molar-refractivity contribution in [2.24, 2.45) is 0 Å². The SMILES string of the molecule is OCCN(CCO)C(CO)OC(CO)N(CCO)CCO.[Ti]. The number of aliphatic hydroxyl groups excluding tert-OH is 6. The zero-order chi connectivity index (χ0) is 16.1. The number of nitrogens with zero attached hydrogens (tertiary/aromatic N) is 2. The van der Waals surface area contributed by atoms with E-state index in [2.05, 4.69) is 0 Å².